The number of alkyl halides is 3. The Balaban J connectivity index is 1.93. The van der Waals surface area contributed by atoms with Gasteiger partial charge in [0.15, 0.2) is 0 Å². The second kappa shape index (κ2) is 7.55. The average molecular weight is 342 g/mol. The minimum absolute atomic E-state index is 0.0527. The summed E-state index contributed by atoms with van der Waals surface area (Å²) < 4.78 is 37.8. The second-order valence-electron chi connectivity index (χ2n) is 6.76. The summed E-state index contributed by atoms with van der Waals surface area (Å²) in [6.07, 6.45) is -2.08. The predicted molar refractivity (Wildman–Crippen MR) is 87.8 cm³/mol. The third-order valence-corrected chi connectivity index (χ3v) is 4.92. The summed E-state index contributed by atoms with van der Waals surface area (Å²) in [6, 6.07) is 5.36. The van der Waals surface area contributed by atoms with Crippen molar-refractivity contribution in [2.24, 2.45) is 0 Å². The smallest absolute Gasteiger partial charge is 0.343 e. The van der Waals surface area contributed by atoms with Gasteiger partial charge in [-0.15, -0.1) is 0 Å². The van der Waals surface area contributed by atoms with Crippen LogP contribution < -0.4 is 0 Å². The molecule has 1 amide bonds. The molecule has 0 radical (unpaired) electrons. The topological polar surface area (TPSA) is 23.6 Å². The summed E-state index contributed by atoms with van der Waals surface area (Å²) in [5.41, 5.74) is 0.0985. The number of hydrogen-bond donors (Lipinski definition) is 0. The van der Waals surface area contributed by atoms with Crippen LogP contribution in [0.4, 0.5) is 13.2 Å². The molecule has 3 nitrogen and oxygen atoms in total. The van der Waals surface area contributed by atoms with Crippen molar-refractivity contribution in [1.29, 1.82) is 0 Å². The summed E-state index contributed by atoms with van der Waals surface area (Å²) in [4.78, 5) is 16.5. The third kappa shape index (κ3) is 4.72. The Morgan fingerprint density at radius 3 is 2.29 bits per heavy atom. The van der Waals surface area contributed by atoms with E-state index in [0.717, 1.165) is 43.6 Å². The zero-order valence-electron chi connectivity index (χ0n) is 14.4. The molecule has 1 aromatic carbocycles. The van der Waals surface area contributed by atoms with Gasteiger partial charge in [-0.05, 0) is 56.6 Å². The number of likely N-dealkylation sites (tertiary alicyclic amines) is 1. The molecule has 24 heavy (non-hydrogen) atoms. The molecule has 1 aliphatic heterocycles. The van der Waals surface area contributed by atoms with Crippen molar-refractivity contribution in [3.05, 3.63) is 35.4 Å². The Hall–Kier alpha value is -1.56. The molecule has 0 unspecified atom stereocenters. The maximum atomic E-state index is 12.6. The molecule has 1 aliphatic rings. The van der Waals surface area contributed by atoms with Gasteiger partial charge in [0.05, 0.1) is 5.56 Å². The maximum Gasteiger partial charge on any atom is 0.416 e. The van der Waals surface area contributed by atoms with Gasteiger partial charge in [-0.1, -0.05) is 19.1 Å². The highest BCUT2D eigenvalue weighted by atomic mass is 19.4. The van der Waals surface area contributed by atoms with Gasteiger partial charge in [0, 0.05) is 19.5 Å². The second-order valence-corrected chi connectivity index (χ2v) is 6.76. The molecule has 1 atom stereocenters. The van der Waals surface area contributed by atoms with Crippen LogP contribution >= 0.6 is 0 Å². The fourth-order valence-corrected chi connectivity index (χ4v) is 3.11. The van der Waals surface area contributed by atoms with Gasteiger partial charge in [-0.25, -0.2) is 0 Å². The van der Waals surface area contributed by atoms with Gasteiger partial charge in [0.2, 0.25) is 5.91 Å². The van der Waals surface area contributed by atoms with Crippen LogP contribution in [0.3, 0.4) is 0 Å². The number of rotatable bonds is 4. The van der Waals surface area contributed by atoms with Crippen LogP contribution in [0, 0.1) is 0 Å². The first kappa shape index (κ1) is 18.8. The Morgan fingerprint density at radius 2 is 1.79 bits per heavy atom. The summed E-state index contributed by atoms with van der Waals surface area (Å²) in [5, 5.41) is 0. The molecular formula is C18H25F3N2O. The lowest BCUT2D eigenvalue weighted by atomic mass is 9.95. The predicted octanol–water partition coefficient (Wildman–Crippen LogP) is 3.75. The van der Waals surface area contributed by atoms with E-state index in [0.29, 0.717) is 6.42 Å². The molecule has 1 fully saturated rings. The monoisotopic (exact) mass is 342 g/mol. The number of piperidine rings is 1. The van der Waals surface area contributed by atoms with E-state index in [1.54, 1.807) is 0 Å². The van der Waals surface area contributed by atoms with Crippen molar-refractivity contribution in [3.63, 3.8) is 0 Å². The molecule has 2 rings (SSSR count). The maximum absolute atomic E-state index is 12.6. The number of amides is 1. The van der Waals surface area contributed by atoms with E-state index in [1.165, 1.54) is 12.1 Å². The third-order valence-electron chi connectivity index (χ3n) is 4.92. The van der Waals surface area contributed by atoms with Crippen molar-refractivity contribution >= 4 is 5.91 Å². The molecule has 0 saturated carbocycles. The minimum Gasteiger partial charge on any atom is -0.343 e. The van der Waals surface area contributed by atoms with Crippen LogP contribution in [0.2, 0.25) is 0 Å². The lowest BCUT2D eigenvalue weighted by Crippen LogP contribution is -2.44. The molecule has 0 N–H and O–H groups in total. The highest BCUT2D eigenvalue weighted by molar-refractivity contribution is 5.77. The fraction of sp³-hybridized carbons (Fsp3) is 0.611. The van der Waals surface area contributed by atoms with Crippen molar-refractivity contribution in [1.82, 2.24) is 9.80 Å². The largest absolute Gasteiger partial charge is 0.416 e. The lowest BCUT2D eigenvalue weighted by molar-refractivity contribution is -0.137. The molecule has 1 aromatic rings. The first-order valence-corrected chi connectivity index (χ1v) is 8.30. The van der Waals surface area contributed by atoms with Gasteiger partial charge in [0.1, 0.15) is 0 Å². The average Bonchev–Trinajstić information content (AvgIpc) is 2.54. The molecule has 0 aromatic heterocycles. The zero-order chi connectivity index (χ0) is 17.9. The first-order valence-electron chi connectivity index (χ1n) is 8.30. The molecule has 6 heteroatoms. The Labute approximate surface area is 141 Å². The molecule has 1 heterocycles. The van der Waals surface area contributed by atoms with E-state index in [1.807, 2.05) is 18.9 Å². The van der Waals surface area contributed by atoms with Gasteiger partial charge in [-0.3, -0.25) is 4.79 Å². The van der Waals surface area contributed by atoms with E-state index in [9.17, 15) is 18.0 Å². The lowest BCUT2D eigenvalue weighted by Gasteiger charge is -2.35. The Morgan fingerprint density at radius 1 is 1.25 bits per heavy atom. The molecular weight excluding hydrogens is 317 g/mol. The Kier molecular flexibility index (Phi) is 5.91. The van der Waals surface area contributed by atoms with Gasteiger partial charge in [0.25, 0.3) is 0 Å². The number of hydrogen-bond acceptors (Lipinski definition) is 2. The molecule has 0 aliphatic carbocycles. The van der Waals surface area contributed by atoms with Crippen LogP contribution in [0.25, 0.3) is 0 Å². The van der Waals surface area contributed by atoms with E-state index < -0.39 is 11.7 Å². The fourth-order valence-electron chi connectivity index (χ4n) is 3.11. The number of nitrogens with zero attached hydrogens (tertiary/aromatic N) is 2. The number of halogens is 3. The van der Waals surface area contributed by atoms with E-state index in [4.69, 9.17) is 0 Å². The highest BCUT2D eigenvalue weighted by Crippen LogP contribution is 2.31. The highest BCUT2D eigenvalue weighted by Gasteiger charge is 2.30. The summed E-state index contributed by atoms with van der Waals surface area (Å²) in [5.74, 6) is -0.0505. The summed E-state index contributed by atoms with van der Waals surface area (Å²) in [7, 11) is 3.91. The molecule has 1 saturated heterocycles. The van der Waals surface area contributed by atoms with Crippen molar-refractivity contribution in [2.75, 3.05) is 27.2 Å². The normalized spacial score (nSPS) is 18.4. The molecule has 0 bridgehead atoms. The molecule has 0 spiro atoms. The first-order chi connectivity index (χ1) is 11.2. The standard InChI is InChI=1S/C18H25F3N2O/c1-13(14-4-6-15(7-5-14)18(19,20)21)12-17(24)23(3)16-8-10-22(2)11-9-16/h4-7,13,16H,8-12H2,1-3H3/t13-/m0/s1. The van der Waals surface area contributed by atoms with Gasteiger partial charge in [-0.2, -0.15) is 13.2 Å². The van der Waals surface area contributed by atoms with E-state index in [2.05, 4.69) is 11.9 Å². The van der Waals surface area contributed by atoms with Crippen molar-refractivity contribution < 1.29 is 18.0 Å². The quantitative estimate of drug-likeness (QED) is 0.832. The van der Waals surface area contributed by atoms with Crippen LogP contribution in [-0.4, -0.2) is 48.9 Å². The van der Waals surface area contributed by atoms with Crippen molar-refractivity contribution in [2.45, 2.75) is 44.3 Å². The molecule has 134 valence electrons. The number of carbonyl (C=O) groups is 1. The van der Waals surface area contributed by atoms with Crippen LogP contribution in [-0.2, 0) is 11.0 Å². The van der Waals surface area contributed by atoms with Crippen LogP contribution in [0.5, 0.6) is 0 Å². The number of carbonyl (C=O) groups excluding carboxylic acids is 1. The zero-order valence-corrected chi connectivity index (χ0v) is 14.4. The van der Waals surface area contributed by atoms with Crippen molar-refractivity contribution in [3.8, 4) is 0 Å². The SMILES string of the molecule is C[C@@H](CC(=O)N(C)C1CCN(C)CC1)c1ccc(C(F)(F)F)cc1. The van der Waals surface area contributed by atoms with Gasteiger partial charge >= 0.3 is 6.18 Å². The summed E-state index contributed by atoms with van der Waals surface area (Å²) >= 11 is 0. The minimum atomic E-state index is -4.33. The van der Waals surface area contributed by atoms with E-state index >= 15 is 0 Å². The van der Waals surface area contributed by atoms with E-state index in [-0.39, 0.29) is 17.9 Å². The van der Waals surface area contributed by atoms with Crippen LogP contribution in [0.15, 0.2) is 24.3 Å². The van der Waals surface area contributed by atoms with Gasteiger partial charge < -0.3 is 9.80 Å². The summed E-state index contributed by atoms with van der Waals surface area (Å²) in [6.45, 7) is 3.84. The van der Waals surface area contributed by atoms with Crippen LogP contribution in [0.1, 0.15) is 43.2 Å². The number of benzene rings is 1. The Bertz CT molecular complexity index is 548.